The Balaban J connectivity index is 1.13. The Kier molecular flexibility index (Phi) is 8.69. The highest BCUT2D eigenvalue weighted by Crippen LogP contribution is 2.61. The molecule has 0 bridgehead atoms. The number of para-hydroxylation sites is 1. The summed E-state index contributed by atoms with van der Waals surface area (Å²) in [4.78, 5) is 2.40. The number of hydrogen-bond donors (Lipinski definition) is 0. The fourth-order valence-corrected chi connectivity index (χ4v) is 11.0. The third kappa shape index (κ3) is 5.56. The Bertz CT molecular complexity index is 3160. The van der Waals surface area contributed by atoms with Gasteiger partial charge in [-0.05, 0) is 114 Å². The van der Waals surface area contributed by atoms with Crippen LogP contribution >= 0.6 is 0 Å². The normalized spacial score (nSPS) is 13.7. The van der Waals surface area contributed by atoms with E-state index in [2.05, 4.69) is 266 Å². The first kappa shape index (κ1) is 36.8. The molecule has 12 rings (SSSR count). The van der Waals surface area contributed by atoms with Crippen molar-refractivity contribution >= 4 is 17.1 Å². The molecule has 0 saturated carbocycles. The van der Waals surface area contributed by atoms with Gasteiger partial charge in [-0.25, -0.2) is 0 Å². The molecule has 0 unspecified atom stereocenters. The van der Waals surface area contributed by atoms with Crippen LogP contribution < -0.4 is 4.90 Å². The minimum absolute atomic E-state index is 0.529. The van der Waals surface area contributed by atoms with Crippen LogP contribution in [-0.2, 0) is 10.8 Å². The Morgan fingerprint density at radius 1 is 0.222 bits per heavy atom. The van der Waals surface area contributed by atoms with Crippen LogP contribution in [0.2, 0.25) is 0 Å². The summed E-state index contributed by atoms with van der Waals surface area (Å²) < 4.78 is 0. The van der Waals surface area contributed by atoms with Gasteiger partial charge in [0.05, 0.1) is 10.8 Å². The summed E-state index contributed by atoms with van der Waals surface area (Å²) in [5.41, 5.74) is 19.9. The number of fused-ring (bicyclic) bond motifs is 6. The molecule has 0 N–H and O–H groups in total. The van der Waals surface area contributed by atoms with E-state index in [1.807, 2.05) is 0 Å². The zero-order chi connectivity index (χ0) is 41.8. The van der Waals surface area contributed by atoms with E-state index in [9.17, 15) is 0 Å². The number of hydrogen-bond acceptors (Lipinski definition) is 1. The van der Waals surface area contributed by atoms with Crippen molar-refractivity contribution < 1.29 is 0 Å². The van der Waals surface area contributed by atoms with E-state index in [0.717, 1.165) is 17.1 Å². The fraction of sp³-hybridized carbons (Fsp3) is 0.0323. The van der Waals surface area contributed by atoms with Crippen LogP contribution in [0.25, 0.3) is 33.4 Å². The molecule has 10 aromatic carbocycles. The minimum atomic E-state index is -0.631. The van der Waals surface area contributed by atoms with Gasteiger partial charge in [-0.2, -0.15) is 0 Å². The predicted molar refractivity (Wildman–Crippen MR) is 261 cm³/mol. The van der Waals surface area contributed by atoms with Crippen LogP contribution in [0, 0.1) is 0 Å². The molecule has 0 radical (unpaired) electrons. The van der Waals surface area contributed by atoms with Crippen LogP contribution in [0.1, 0.15) is 44.5 Å². The molecule has 2 aliphatic rings. The van der Waals surface area contributed by atoms with Crippen molar-refractivity contribution in [1.82, 2.24) is 0 Å². The topological polar surface area (TPSA) is 3.24 Å². The molecule has 0 aliphatic heterocycles. The second-order valence-electron chi connectivity index (χ2n) is 16.8. The van der Waals surface area contributed by atoms with Gasteiger partial charge in [-0.1, -0.05) is 224 Å². The molecule has 0 fully saturated rings. The number of anilines is 3. The van der Waals surface area contributed by atoms with Crippen LogP contribution in [0.3, 0.4) is 0 Å². The standard InChI is InChI=1S/C62H43N/c1-6-20-44(21-7-1)45-34-37-51(38-35-45)63(50-28-14-5-15-29-50)52-39-41-56-55-40-36-49(42-59(55)61(60(56)43-52,46-22-8-2-9-23-46)47-24-10-3-11-25-47)62(48-26-12-4-13-27-48)57-32-18-16-30-53(57)54-31-17-19-33-58(54)62/h1-43H. The largest absolute Gasteiger partial charge is 0.310 e. The van der Waals surface area contributed by atoms with E-state index in [-0.39, 0.29) is 0 Å². The van der Waals surface area contributed by atoms with Gasteiger partial charge in [0.2, 0.25) is 0 Å². The highest BCUT2D eigenvalue weighted by atomic mass is 15.1. The van der Waals surface area contributed by atoms with E-state index in [1.165, 1.54) is 77.9 Å². The average molecular weight is 802 g/mol. The molecule has 63 heavy (non-hydrogen) atoms. The first-order valence-corrected chi connectivity index (χ1v) is 21.9. The monoisotopic (exact) mass is 801 g/mol. The molecule has 0 amide bonds. The van der Waals surface area contributed by atoms with Crippen LogP contribution in [0.4, 0.5) is 17.1 Å². The SMILES string of the molecule is c1ccc(-c2ccc(N(c3ccccc3)c3ccc4c(c3)C(c3ccccc3)(c3ccccc3)c3cc(C5(c6ccccc6)c6ccccc6-c6ccccc65)ccc3-4)cc2)cc1. The maximum Gasteiger partial charge on any atom is 0.0714 e. The van der Waals surface area contributed by atoms with E-state index in [0.29, 0.717) is 0 Å². The van der Waals surface area contributed by atoms with Crippen molar-refractivity contribution in [3.8, 4) is 33.4 Å². The van der Waals surface area contributed by atoms with Gasteiger partial charge in [0, 0.05) is 17.1 Å². The summed E-state index contributed by atoms with van der Waals surface area (Å²) in [6.45, 7) is 0. The van der Waals surface area contributed by atoms with E-state index >= 15 is 0 Å². The summed E-state index contributed by atoms with van der Waals surface area (Å²) in [7, 11) is 0. The molecule has 0 spiro atoms. The van der Waals surface area contributed by atoms with E-state index < -0.39 is 10.8 Å². The maximum absolute atomic E-state index is 2.57. The van der Waals surface area contributed by atoms with Crippen molar-refractivity contribution in [2.45, 2.75) is 10.8 Å². The van der Waals surface area contributed by atoms with Gasteiger partial charge >= 0.3 is 0 Å². The predicted octanol–water partition coefficient (Wildman–Crippen LogP) is 15.5. The smallest absolute Gasteiger partial charge is 0.0714 e. The average Bonchev–Trinajstić information content (AvgIpc) is 3.83. The zero-order valence-electron chi connectivity index (χ0n) is 34.8. The number of nitrogens with zero attached hydrogens (tertiary/aromatic N) is 1. The Morgan fingerprint density at radius 3 is 1.13 bits per heavy atom. The molecule has 1 heteroatoms. The number of rotatable bonds is 8. The minimum Gasteiger partial charge on any atom is -0.310 e. The summed E-state index contributed by atoms with van der Waals surface area (Å²) >= 11 is 0. The lowest BCUT2D eigenvalue weighted by Gasteiger charge is -2.37. The second kappa shape index (κ2) is 14.9. The first-order chi connectivity index (χ1) is 31.3. The lowest BCUT2D eigenvalue weighted by molar-refractivity contribution is 0.742. The highest BCUT2D eigenvalue weighted by Gasteiger charge is 2.50. The van der Waals surface area contributed by atoms with Crippen LogP contribution in [0.15, 0.2) is 261 Å². The molecule has 10 aromatic rings. The van der Waals surface area contributed by atoms with Gasteiger partial charge in [0.25, 0.3) is 0 Å². The van der Waals surface area contributed by atoms with Crippen molar-refractivity contribution in [1.29, 1.82) is 0 Å². The Labute approximate surface area is 369 Å². The molecular weight excluding hydrogens is 759 g/mol. The molecule has 1 nitrogen and oxygen atoms in total. The summed E-state index contributed by atoms with van der Waals surface area (Å²) in [6, 6.07) is 96.6. The van der Waals surface area contributed by atoms with Gasteiger partial charge in [-0.3, -0.25) is 0 Å². The summed E-state index contributed by atoms with van der Waals surface area (Å²) in [5, 5.41) is 0. The van der Waals surface area contributed by atoms with Crippen LogP contribution in [0.5, 0.6) is 0 Å². The maximum atomic E-state index is 2.57. The van der Waals surface area contributed by atoms with Crippen molar-refractivity contribution in [2.75, 3.05) is 4.90 Å². The molecule has 0 aromatic heterocycles. The Morgan fingerprint density at radius 2 is 0.587 bits per heavy atom. The van der Waals surface area contributed by atoms with Gasteiger partial charge < -0.3 is 4.90 Å². The van der Waals surface area contributed by atoms with E-state index in [4.69, 9.17) is 0 Å². The van der Waals surface area contributed by atoms with Crippen LogP contribution in [-0.4, -0.2) is 0 Å². The molecule has 0 heterocycles. The highest BCUT2D eigenvalue weighted by molar-refractivity contribution is 5.92. The van der Waals surface area contributed by atoms with Gasteiger partial charge in [-0.15, -0.1) is 0 Å². The third-order valence-corrected chi connectivity index (χ3v) is 13.6. The van der Waals surface area contributed by atoms with Crippen molar-refractivity contribution in [3.05, 3.63) is 305 Å². The zero-order valence-corrected chi connectivity index (χ0v) is 34.8. The molecule has 296 valence electrons. The van der Waals surface area contributed by atoms with E-state index in [1.54, 1.807) is 0 Å². The Hall–Kier alpha value is -8.00. The molecule has 0 saturated heterocycles. The molecule has 0 atom stereocenters. The lowest BCUT2D eigenvalue weighted by atomic mass is 9.64. The molecule has 2 aliphatic carbocycles. The second-order valence-corrected chi connectivity index (χ2v) is 16.8. The molecular formula is C62H43N. The van der Waals surface area contributed by atoms with Gasteiger partial charge in [0.15, 0.2) is 0 Å². The lowest BCUT2D eigenvalue weighted by Crippen LogP contribution is -2.31. The van der Waals surface area contributed by atoms with Crippen molar-refractivity contribution in [3.63, 3.8) is 0 Å². The fourth-order valence-electron chi connectivity index (χ4n) is 11.0. The third-order valence-electron chi connectivity index (χ3n) is 13.6. The first-order valence-electron chi connectivity index (χ1n) is 21.9. The van der Waals surface area contributed by atoms with Gasteiger partial charge in [0.1, 0.15) is 0 Å². The summed E-state index contributed by atoms with van der Waals surface area (Å²) in [6.07, 6.45) is 0. The summed E-state index contributed by atoms with van der Waals surface area (Å²) in [5.74, 6) is 0. The van der Waals surface area contributed by atoms with Crippen molar-refractivity contribution in [2.24, 2.45) is 0 Å². The quantitative estimate of drug-likeness (QED) is 0.148. The number of benzene rings is 10.